The molecule has 0 unspecified atom stereocenters. The molecule has 1 rings (SSSR count). The maximum atomic E-state index is 11.6. The predicted octanol–water partition coefficient (Wildman–Crippen LogP) is 1.88. The summed E-state index contributed by atoms with van der Waals surface area (Å²) in [7, 11) is -3.44. The van der Waals surface area contributed by atoms with Gasteiger partial charge in [0, 0.05) is 11.4 Å². The minimum Gasteiger partial charge on any atom is -0.466 e. The monoisotopic (exact) mass is 355 g/mol. The molecule has 0 amide bonds. The number of rotatable bonds is 7. The Bertz CT molecular complexity index is 498. The van der Waals surface area contributed by atoms with Gasteiger partial charge >= 0.3 is 5.97 Å². The van der Waals surface area contributed by atoms with Crippen LogP contribution in [0.3, 0.4) is 0 Å². The van der Waals surface area contributed by atoms with Crippen molar-refractivity contribution in [2.75, 3.05) is 12.4 Å². The molecule has 1 aromatic rings. The van der Waals surface area contributed by atoms with Gasteiger partial charge in [-0.1, -0.05) is 0 Å². The molecule has 0 saturated heterocycles. The number of halogens is 1. The molecule has 0 saturated carbocycles. The van der Waals surface area contributed by atoms with Crippen molar-refractivity contribution in [2.45, 2.75) is 19.9 Å². The summed E-state index contributed by atoms with van der Waals surface area (Å²) < 4.78 is 31.2. The summed E-state index contributed by atoms with van der Waals surface area (Å²) in [6, 6.07) is 3.69. The highest BCUT2D eigenvalue weighted by Gasteiger charge is 2.14. The first-order chi connectivity index (χ1) is 8.43. The lowest BCUT2D eigenvalue weighted by Crippen LogP contribution is -2.27. The second-order valence-electron chi connectivity index (χ2n) is 3.40. The maximum absolute atomic E-state index is 11.6. The van der Waals surface area contributed by atoms with Gasteiger partial charge in [-0.3, -0.25) is 4.79 Å². The molecule has 102 valence electrons. The number of carbonyl (C=O) groups is 1. The van der Waals surface area contributed by atoms with Crippen LogP contribution in [0.1, 0.15) is 18.2 Å². The van der Waals surface area contributed by atoms with Crippen molar-refractivity contribution in [3.05, 3.63) is 20.8 Å². The lowest BCUT2D eigenvalue weighted by atomic mass is 10.5. The first kappa shape index (κ1) is 15.6. The standard InChI is InChI=1S/C10H14BrNO4S2/c1-2-16-10(13)5-6-18(14,15)12-7-8-3-4-9(11)17-8/h3-4,12H,2,5-7H2,1H3. The van der Waals surface area contributed by atoms with E-state index in [1.807, 2.05) is 12.1 Å². The minimum absolute atomic E-state index is 0.128. The number of sulfonamides is 1. The van der Waals surface area contributed by atoms with Crippen molar-refractivity contribution in [2.24, 2.45) is 0 Å². The normalized spacial score (nSPS) is 11.4. The Morgan fingerprint density at radius 3 is 2.78 bits per heavy atom. The van der Waals surface area contributed by atoms with Gasteiger partial charge in [0.05, 0.1) is 22.6 Å². The number of hydrogen-bond donors (Lipinski definition) is 1. The van der Waals surface area contributed by atoms with Gasteiger partial charge in [-0.15, -0.1) is 11.3 Å². The fourth-order valence-electron chi connectivity index (χ4n) is 1.15. The number of thiophene rings is 1. The zero-order valence-electron chi connectivity index (χ0n) is 9.81. The van der Waals surface area contributed by atoms with E-state index in [-0.39, 0.29) is 25.3 Å². The molecule has 0 aliphatic heterocycles. The highest BCUT2D eigenvalue weighted by molar-refractivity contribution is 9.11. The molecule has 0 aliphatic carbocycles. The SMILES string of the molecule is CCOC(=O)CCS(=O)(=O)NCc1ccc(Br)s1. The summed E-state index contributed by atoms with van der Waals surface area (Å²) in [5.74, 6) is -0.750. The van der Waals surface area contributed by atoms with Crippen molar-refractivity contribution in [3.63, 3.8) is 0 Å². The molecule has 0 aromatic carbocycles. The Labute approximate surface area is 119 Å². The van der Waals surface area contributed by atoms with Gasteiger partial charge in [0.25, 0.3) is 0 Å². The molecule has 8 heteroatoms. The Hall–Kier alpha value is -0.440. The fraction of sp³-hybridized carbons (Fsp3) is 0.500. The molecule has 1 aromatic heterocycles. The number of nitrogens with one attached hydrogen (secondary N) is 1. The number of ether oxygens (including phenoxy) is 1. The van der Waals surface area contributed by atoms with Gasteiger partial charge in [-0.2, -0.15) is 0 Å². The van der Waals surface area contributed by atoms with Gasteiger partial charge in [0.15, 0.2) is 0 Å². The Morgan fingerprint density at radius 1 is 1.50 bits per heavy atom. The lowest BCUT2D eigenvalue weighted by Gasteiger charge is -2.05. The Kier molecular flexibility index (Phi) is 6.27. The third kappa shape index (κ3) is 5.94. The topological polar surface area (TPSA) is 72.5 Å². The van der Waals surface area contributed by atoms with E-state index in [0.717, 1.165) is 8.66 Å². The quantitative estimate of drug-likeness (QED) is 0.758. The van der Waals surface area contributed by atoms with Gasteiger partial charge in [0.1, 0.15) is 0 Å². The molecule has 0 spiro atoms. The summed E-state index contributed by atoms with van der Waals surface area (Å²) in [6.45, 7) is 2.18. The zero-order chi connectivity index (χ0) is 13.6. The van der Waals surface area contributed by atoms with Crippen LogP contribution in [0.4, 0.5) is 0 Å². The average molecular weight is 356 g/mol. The molecule has 1 heterocycles. The van der Waals surface area contributed by atoms with Gasteiger partial charge < -0.3 is 4.74 Å². The van der Waals surface area contributed by atoms with E-state index in [4.69, 9.17) is 0 Å². The first-order valence-corrected chi connectivity index (χ1v) is 8.56. The third-order valence-electron chi connectivity index (χ3n) is 1.98. The van der Waals surface area contributed by atoms with Crippen LogP contribution in [-0.2, 0) is 26.1 Å². The molecule has 0 fully saturated rings. The fourth-order valence-corrected chi connectivity index (χ4v) is 3.62. The molecule has 0 radical (unpaired) electrons. The van der Waals surface area contributed by atoms with Crippen molar-refractivity contribution in [3.8, 4) is 0 Å². The molecule has 5 nitrogen and oxygen atoms in total. The van der Waals surface area contributed by atoms with Gasteiger partial charge in [-0.25, -0.2) is 13.1 Å². The first-order valence-electron chi connectivity index (χ1n) is 5.30. The summed E-state index contributed by atoms with van der Waals surface area (Å²) in [5.41, 5.74) is 0. The molecule has 0 atom stereocenters. The molecular weight excluding hydrogens is 342 g/mol. The average Bonchev–Trinajstić information content (AvgIpc) is 2.71. The van der Waals surface area contributed by atoms with Crippen LogP contribution in [0, 0.1) is 0 Å². The summed E-state index contributed by atoms with van der Waals surface area (Å²) in [6.07, 6.45) is -0.128. The van der Waals surface area contributed by atoms with E-state index in [0.29, 0.717) is 0 Å². The molecular formula is C10H14BrNO4S2. The highest BCUT2D eigenvalue weighted by atomic mass is 79.9. The predicted molar refractivity (Wildman–Crippen MR) is 73.9 cm³/mol. The third-order valence-corrected chi connectivity index (χ3v) is 4.92. The van der Waals surface area contributed by atoms with E-state index < -0.39 is 16.0 Å². The van der Waals surface area contributed by atoms with Crippen LogP contribution in [0.2, 0.25) is 0 Å². The van der Waals surface area contributed by atoms with Crippen LogP contribution >= 0.6 is 27.3 Å². The van der Waals surface area contributed by atoms with Gasteiger partial charge in [0.2, 0.25) is 10.0 Å². The Balaban J connectivity index is 2.38. The van der Waals surface area contributed by atoms with Crippen molar-refractivity contribution >= 4 is 43.3 Å². The molecule has 1 N–H and O–H groups in total. The number of esters is 1. The highest BCUT2D eigenvalue weighted by Crippen LogP contribution is 2.21. The van der Waals surface area contributed by atoms with E-state index in [1.54, 1.807) is 6.92 Å². The number of carbonyl (C=O) groups excluding carboxylic acids is 1. The van der Waals surface area contributed by atoms with E-state index >= 15 is 0 Å². The van der Waals surface area contributed by atoms with Crippen molar-refractivity contribution in [1.82, 2.24) is 4.72 Å². The summed E-state index contributed by atoms with van der Waals surface area (Å²) in [4.78, 5) is 12.0. The summed E-state index contributed by atoms with van der Waals surface area (Å²) >= 11 is 4.76. The van der Waals surface area contributed by atoms with E-state index in [9.17, 15) is 13.2 Å². The van der Waals surface area contributed by atoms with Crippen LogP contribution in [-0.4, -0.2) is 26.7 Å². The molecule has 18 heavy (non-hydrogen) atoms. The lowest BCUT2D eigenvalue weighted by molar-refractivity contribution is -0.142. The number of hydrogen-bond acceptors (Lipinski definition) is 5. The maximum Gasteiger partial charge on any atom is 0.306 e. The van der Waals surface area contributed by atoms with Crippen molar-refractivity contribution in [1.29, 1.82) is 0 Å². The molecule has 0 bridgehead atoms. The Morgan fingerprint density at radius 2 is 2.22 bits per heavy atom. The largest absolute Gasteiger partial charge is 0.466 e. The zero-order valence-corrected chi connectivity index (χ0v) is 13.0. The smallest absolute Gasteiger partial charge is 0.306 e. The van der Waals surface area contributed by atoms with Gasteiger partial charge in [-0.05, 0) is 35.0 Å². The van der Waals surface area contributed by atoms with Crippen LogP contribution < -0.4 is 4.72 Å². The van der Waals surface area contributed by atoms with Crippen LogP contribution in [0.25, 0.3) is 0 Å². The van der Waals surface area contributed by atoms with Crippen molar-refractivity contribution < 1.29 is 17.9 Å². The summed E-state index contributed by atoms with van der Waals surface area (Å²) in [5, 5.41) is 0. The molecule has 0 aliphatic rings. The second-order valence-corrected chi connectivity index (χ2v) is 7.87. The second kappa shape index (κ2) is 7.22. The van der Waals surface area contributed by atoms with Crippen LogP contribution in [0.15, 0.2) is 15.9 Å². The van der Waals surface area contributed by atoms with E-state index in [2.05, 4.69) is 25.4 Å². The minimum atomic E-state index is -3.44. The van der Waals surface area contributed by atoms with Crippen LogP contribution in [0.5, 0.6) is 0 Å². The van der Waals surface area contributed by atoms with E-state index in [1.165, 1.54) is 11.3 Å².